The van der Waals surface area contributed by atoms with Crippen molar-refractivity contribution in [3.63, 3.8) is 0 Å². The van der Waals surface area contributed by atoms with Gasteiger partial charge in [-0.15, -0.1) is 0 Å². The molecule has 0 unspecified atom stereocenters. The molecule has 8 aromatic rings. The largest absolute Gasteiger partial charge is 0.384 e. The Labute approximate surface area is 261 Å². The molecule has 0 aliphatic heterocycles. The van der Waals surface area contributed by atoms with E-state index in [4.69, 9.17) is 10.7 Å². The number of benzene rings is 4. The van der Waals surface area contributed by atoms with Crippen molar-refractivity contribution in [3.8, 4) is 22.3 Å². The van der Waals surface area contributed by atoms with Crippen LogP contribution in [0.15, 0.2) is 175 Å². The summed E-state index contributed by atoms with van der Waals surface area (Å²) in [5, 5.41) is 8.65. The van der Waals surface area contributed by atoms with Gasteiger partial charge in [-0.05, 0) is 58.7 Å². The monoisotopic (exact) mass is 582 g/mol. The van der Waals surface area contributed by atoms with E-state index in [1.807, 2.05) is 89.6 Å². The van der Waals surface area contributed by atoms with Crippen molar-refractivity contribution in [1.82, 2.24) is 19.2 Å². The van der Waals surface area contributed by atoms with Crippen LogP contribution in [0, 0.1) is 0 Å². The van der Waals surface area contributed by atoms with Gasteiger partial charge in [0.15, 0.2) is 5.82 Å². The minimum Gasteiger partial charge on any atom is -0.384 e. The molecule has 216 valence electrons. The number of anilines is 1. The molecule has 0 aliphatic rings. The number of nitrogens with zero attached hydrogens (tertiary/aromatic N) is 5. The Balaban J connectivity index is 0.000000171. The molecule has 0 atom stereocenters. The van der Waals surface area contributed by atoms with Gasteiger partial charge in [-0.25, -0.2) is 14.0 Å². The second kappa shape index (κ2) is 12.5. The van der Waals surface area contributed by atoms with Crippen LogP contribution in [0.3, 0.4) is 0 Å². The molecule has 6 heteroatoms. The molecule has 6 nitrogen and oxygen atoms in total. The van der Waals surface area contributed by atoms with Gasteiger partial charge in [0.25, 0.3) is 0 Å². The van der Waals surface area contributed by atoms with E-state index in [0.29, 0.717) is 5.82 Å². The molecular formula is C39H30N6. The van der Waals surface area contributed by atoms with E-state index < -0.39 is 0 Å². The highest BCUT2D eigenvalue weighted by atomic mass is 15.3. The maximum absolute atomic E-state index is 5.94. The molecule has 0 spiro atoms. The molecule has 4 aromatic heterocycles. The third kappa shape index (κ3) is 5.98. The van der Waals surface area contributed by atoms with Crippen LogP contribution in [0.2, 0.25) is 0 Å². The van der Waals surface area contributed by atoms with Gasteiger partial charge in [-0.2, -0.15) is 10.2 Å². The number of hydrogen-bond acceptors (Lipinski definition) is 4. The maximum Gasteiger partial charge on any atom is 0.155 e. The van der Waals surface area contributed by atoms with Gasteiger partial charge in [0.05, 0.1) is 29.1 Å². The first-order chi connectivity index (χ1) is 22.2. The molecule has 0 bridgehead atoms. The topological polar surface area (TPSA) is 73.0 Å². The Morgan fingerprint density at radius 2 is 0.911 bits per heavy atom. The second-order valence-corrected chi connectivity index (χ2v) is 10.5. The summed E-state index contributed by atoms with van der Waals surface area (Å²) in [5.74, 6) is 1.45. The summed E-state index contributed by atoms with van der Waals surface area (Å²) in [7, 11) is 0. The quantitative estimate of drug-likeness (QED) is 0.206. The number of pyridine rings is 2. The van der Waals surface area contributed by atoms with E-state index >= 15 is 0 Å². The second-order valence-electron chi connectivity index (χ2n) is 10.5. The van der Waals surface area contributed by atoms with Crippen LogP contribution >= 0.6 is 0 Å². The molecule has 0 saturated heterocycles. The number of nitrogens with two attached hydrogens (primary N) is 1. The molecule has 0 aliphatic carbocycles. The molecule has 45 heavy (non-hydrogen) atoms. The Hall–Kier alpha value is -6.27. The maximum atomic E-state index is 5.94. The predicted molar refractivity (Wildman–Crippen MR) is 184 cm³/mol. The van der Waals surface area contributed by atoms with Crippen molar-refractivity contribution in [2.45, 2.75) is 0 Å². The molecule has 4 aromatic carbocycles. The van der Waals surface area contributed by atoms with Crippen molar-refractivity contribution in [1.29, 1.82) is 0 Å². The highest BCUT2D eigenvalue weighted by Crippen LogP contribution is 2.28. The standard InChI is InChI=1S/C26H19N3.C13H11N3/c1-4-10-20(11-5-1)23-18-24-16-17-27-29(24)25(19-23)28-26(21-12-6-2-7-13-21)22-14-8-3-9-15-22;14-13-9-11(10-4-2-1-3-5-10)8-12-6-7-15-16(12)13/h1-19H;1-9H,14H2. The van der Waals surface area contributed by atoms with E-state index in [9.17, 15) is 0 Å². The van der Waals surface area contributed by atoms with Crippen LogP contribution in [0.4, 0.5) is 11.6 Å². The SMILES string of the molecule is Nc1cc(-c2ccccc2)cc2ccnn12.c1ccc(C(=Nc2cc(-c3ccccc3)cc3ccnn23)c2ccccc2)cc1. The molecular weight excluding hydrogens is 552 g/mol. The first kappa shape index (κ1) is 27.6. The van der Waals surface area contributed by atoms with Crippen LogP contribution < -0.4 is 5.73 Å². The third-order valence-corrected chi connectivity index (χ3v) is 7.54. The van der Waals surface area contributed by atoms with Gasteiger partial charge < -0.3 is 5.73 Å². The zero-order valence-corrected chi connectivity index (χ0v) is 24.5. The van der Waals surface area contributed by atoms with Crippen LogP contribution in [0.25, 0.3) is 33.3 Å². The summed E-state index contributed by atoms with van der Waals surface area (Å²) in [6.07, 6.45) is 3.56. The minimum atomic E-state index is 0.654. The normalized spacial score (nSPS) is 10.8. The molecule has 0 fully saturated rings. The average molecular weight is 583 g/mol. The molecule has 0 radical (unpaired) electrons. The van der Waals surface area contributed by atoms with Crippen LogP contribution in [-0.2, 0) is 0 Å². The van der Waals surface area contributed by atoms with E-state index in [-0.39, 0.29) is 0 Å². The highest BCUT2D eigenvalue weighted by Gasteiger charge is 2.11. The molecule has 2 N–H and O–H groups in total. The Kier molecular flexibility index (Phi) is 7.67. The zero-order chi connectivity index (χ0) is 30.4. The van der Waals surface area contributed by atoms with Crippen molar-refractivity contribution in [2.75, 3.05) is 5.73 Å². The fraction of sp³-hybridized carbons (Fsp3) is 0. The van der Waals surface area contributed by atoms with Crippen molar-refractivity contribution >= 4 is 28.4 Å². The first-order valence-electron chi connectivity index (χ1n) is 14.7. The lowest BCUT2D eigenvalue weighted by Crippen LogP contribution is -2.03. The first-order valence-corrected chi connectivity index (χ1v) is 14.7. The lowest BCUT2D eigenvalue weighted by molar-refractivity contribution is 0.958. The molecule has 0 saturated carbocycles. The van der Waals surface area contributed by atoms with Crippen molar-refractivity contribution in [2.24, 2.45) is 4.99 Å². The number of nitrogen functional groups attached to an aromatic ring is 1. The molecule has 8 rings (SSSR count). The van der Waals surface area contributed by atoms with Gasteiger partial charge in [-0.1, -0.05) is 121 Å². The van der Waals surface area contributed by atoms with Gasteiger partial charge in [0, 0.05) is 11.1 Å². The third-order valence-electron chi connectivity index (χ3n) is 7.54. The van der Waals surface area contributed by atoms with E-state index in [0.717, 1.165) is 55.9 Å². The number of aliphatic imine (C=N–C) groups is 1. The molecule has 0 amide bonds. The number of rotatable bonds is 5. The van der Waals surface area contributed by atoms with Crippen LogP contribution in [-0.4, -0.2) is 24.9 Å². The van der Waals surface area contributed by atoms with E-state index in [1.54, 1.807) is 10.7 Å². The lowest BCUT2D eigenvalue weighted by Gasteiger charge is -2.10. The zero-order valence-electron chi connectivity index (χ0n) is 24.5. The summed E-state index contributed by atoms with van der Waals surface area (Å²) in [5.41, 5.74) is 15.6. The van der Waals surface area contributed by atoms with Gasteiger partial charge in [-0.3, -0.25) is 0 Å². The fourth-order valence-electron chi connectivity index (χ4n) is 5.35. The smallest absolute Gasteiger partial charge is 0.155 e. The van der Waals surface area contributed by atoms with Gasteiger partial charge in [0.1, 0.15) is 5.82 Å². The lowest BCUT2D eigenvalue weighted by atomic mass is 10.0. The molecule has 4 heterocycles. The highest BCUT2D eigenvalue weighted by molar-refractivity contribution is 6.13. The van der Waals surface area contributed by atoms with Gasteiger partial charge in [0.2, 0.25) is 0 Å². The summed E-state index contributed by atoms with van der Waals surface area (Å²) >= 11 is 0. The van der Waals surface area contributed by atoms with E-state index in [2.05, 4.69) is 89.1 Å². The number of fused-ring (bicyclic) bond motifs is 2. The Morgan fingerprint density at radius 3 is 1.44 bits per heavy atom. The summed E-state index contributed by atoms with van der Waals surface area (Å²) < 4.78 is 3.62. The minimum absolute atomic E-state index is 0.654. The Bertz CT molecular complexity index is 2160. The van der Waals surface area contributed by atoms with E-state index in [1.165, 1.54) is 0 Å². The van der Waals surface area contributed by atoms with Crippen LogP contribution in [0.1, 0.15) is 11.1 Å². The van der Waals surface area contributed by atoms with Crippen molar-refractivity contribution in [3.05, 3.63) is 181 Å². The summed E-state index contributed by atoms with van der Waals surface area (Å²) in [6, 6.07) is 53.3. The van der Waals surface area contributed by atoms with Crippen LogP contribution in [0.5, 0.6) is 0 Å². The summed E-state index contributed by atoms with van der Waals surface area (Å²) in [4.78, 5) is 5.10. The number of aromatic nitrogens is 4. The number of hydrogen-bond donors (Lipinski definition) is 1. The fourth-order valence-corrected chi connectivity index (χ4v) is 5.35. The summed E-state index contributed by atoms with van der Waals surface area (Å²) in [6.45, 7) is 0. The van der Waals surface area contributed by atoms with Gasteiger partial charge >= 0.3 is 0 Å². The van der Waals surface area contributed by atoms with Crippen molar-refractivity contribution < 1.29 is 0 Å². The predicted octanol–water partition coefficient (Wildman–Crippen LogP) is 8.75. The average Bonchev–Trinajstić information content (AvgIpc) is 3.80. The Morgan fingerprint density at radius 1 is 0.467 bits per heavy atom.